The van der Waals surface area contributed by atoms with Crippen LogP contribution in [0.15, 0.2) is 66.2 Å². The lowest BCUT2D eigenvalue weighted by atomic mass is 10.1. The zero-order valence-corrected chi connectivity index (χ0v) is 19.3. The minimum Gasteiger partial charge on any atom is -0.288 e. The smallest absolute Gasteiger partial charge is 0.197 e. The third-order valence-electron chi connectivity index (χ3n) is 5.43. The van der Waals surface area contributed by atoms with Crippen LogP contribution in [0.4, 0.5) is 0 Å². The van der Waals surface area contributed by atoms with Gasteiger partial charge in [-0.1, -0.05) is 59.6 Å². The second-order valence-corrected chi connectivity index (χ2v) is 10.3. The molecule has 0 saturated carbocycles. The summed E-state index contributed by atoms with van der Waals surface area (Å²) < 4.78 is 1.02. The first-order chi connectivity index (χ1) is 15.5. The maximum Gasteiger partial charge on any atom is 0.197 e. The molecule has 0 amide bonds. The summed E-state index contributed by atoms with van der Waals surface area (Å²) in [5, 5.41) is 3.83. The molecule has 0 fully saturated rings. The van der Waals surface area contributed by atoms with Crippen LogP contribution in [0, 0.1) is 0 Å². The van der Waals surface area contributed by atoms with Crippen LogP contribution >= 0.6 is 45.9 Å². The Morgan fingerprint density at radius 3 is 2.16 bits per heavy atom. The number of allylic oxidation sites excluding steroid dienone is 1. The van der Waals surface area contributed by atoms with Gasteiger partial charge in [-0.25, -0.2) is 4.98 Å². The quantitative estimate of drug-likeness (QED) is 0.186. The van der Waals surface area contributed by atoms with Crippen LogP contribution in [0.3, 0.4) is 0 Å². The number of hydrogen-bond donors (Lipinski definition) is 0. The van der Waals surface area contributed by atoms with Crippen molar-refractivity contribution in [2.75, 3.05) is 0 Å². The van der Waals surface area contributed by atoms with Gasteiger partial charge in [0, 0.05) is 21.6 Å². The van der Waals surface area contributed by atoms with Crippen molar-refractivity contribution in [3.63, 3.8) is 0 Å². The van der Waals surface area contributed by atoms with Gasteiger partial charge in [0.15, 0.2) is 11.6 Å². The minimum atomic E-state index is -0.329. The third kappa shape index (κ3) is 3.12. The fraction of sp³-hybridized carbons (Fsp3) is 0. The van der Waals surface area contributed by atoms with E-state index >= 15 is 0 Å². The Kier molecular flexibility index (Phi) is 4.56. The lowest BCUT2D eigenvalue weighted by Gasteiger charge is -2.00. The van der Waals surface area contributed by atoms with E-state index in [4.69, 9.17) is 28.2 Å². The second kappa shape index (κ2) is 7.36. The van der Waals surface area contributed by atoms with E-state index in [-0.39, 0.29) is 27.2 Å². The zero-order chi connectivity index (χ0) is 22.0. The highest BCUT2D eigenvalue weighted by atomic mass is 35.5. The van der Waals surface area contributed by atoms with E-state index in [0.717, 1.165) is 25.0 Å². The van der Waals surface area contributed by atoms with Gasteiger partial charge < -0.3 is 0 Å². The number of ketones is 2. The minimum absolute atomic E-state index is 0.127. The SMILES string of the molecule is O=C1C(=Cc2cc3sc(-c4ccc5ccccc5c4)nc3s2)C(=O)c2cc(Cl)c(Cl)cc21. The number of Topliss-reactive ketones (excluding diaryl/α,β-unsaturated/α-hetero) is 2. The number of aromatic nitrogens is 1. The molecule has 0 N–H and O–H groups in total. The standard InChI is InChI=1S/C25H11Cl2NO2S2/c26-19-10-16-17(11-20(19)27)23(30)18(22(16)29)8-15-9-21-25(31-15)28-24(32-21)14-6-5-12-3-1-2-4-13(12)7-14/h1-11H. The molecule has 5 aromatic rings. The number of thiazole rings is 1. The van der Waals surface area contributed by atoms with Crippen LogP contribution < -0.4 is 0 Å². The highest BCUT2D eigenvalue weighted by Crippen LogP contribution is 2.39. The molecular weight excluding hydrogens is 481 g/mol. The molecule has 1 aliphatic rings. The number of carbonyl (C=O) groups excluding carboxylic acids is 2. The summed E-state index contributed by atoms with van der Waals surface area (Å²) in [6.07, 6.45) is 1.64. The van der Waals surface area contributed by atoms with E-state index < -0.39 is 0 Å². The Bertz CT molecular complexity index is 1570. The molecular formula is C25H11Cl2NO2S2. The Labute approximate surface area is 200 Å². The lowest BCUT2D eigenvalue weighted by Crippen LogP contribution is -1.99. The Balaban J connectivity index is 1.36. The number of benzene rings is 3. The monoisotopic (exact) mass is 491 g/mol. The van der Waals surface area contributed by atoms with Crippen molar-refractivity contribution < 1.29 is 9.59 Å². The topological polar surface area (TPSA) is 47.0 Å². The largest absolute Gasteiger partial charge is 0.288 e. The second-order valence-electron chi connectivity index (χ2n) is 7.43. The summed E-state index contributed by atoms with van der Waals surface area (Å²) in [6, 6.07) is 19.5. The van der Waals surface area contributed by atoms with Crippen molar-refractivity contribution in [2.24, 2.45) is 0 Å². The van der Waals surface area contributed by atoms with Gasteiger partial charge in [-0.15, -0.1) is 22.7 Å². The number of rotatable bonds is 2. The van der Waals surface area contributed by atoms with Gasteiger partial charge in [0.05, 0.1) is 20.3 Å². The number of carbonyl (C=O) groups is 2. The fourth-order valence-electron chi connectivity index (χ4n) is 3.86. The van der Waals surface area contributed by atoms with Crippen LogP contribution in [0.2, 0.25) is 10.0 Å². The van der Waals surface area contributed by atoms with Crippen molar-refractivity contribution >= 4 is 83.8 Å². The summed E-state index contributed by atoms with van der Waals surface area (Å²) in [6.45, 7) is 0. The molecule has 32 heavy (non-hydrogen) atoms. The molecule has 0 saturated heterocycles. The van der Waals surface area contributed by atoms with Gasteiger partial charge in [0.2, 0.25) is 0 Å². The molecule has 0 aliphatic heterocycles. The lowest BCUT2D eigenvalue weighted by molar-refractivity contribution is 0.0990. The van der Waals surface area contributed by atoms with Crippen molar-refractivity contribution in [3.8, 4) is 10.6 Å². The maximum absolute atomic E-state index is 12.8. The molecule has 0 atom stereocenters. The van der Waals surface area contributed by atoms with E-state index in [1.165, 1.54) is 34.2 Å². The van der Waals surface area contributed by atoms with E-state index in [2.05, 4.69) is 30.3 Å². The average Bonchev–Trinajstić information content (AvgIpc) is 3.42. The van der Waals surface area contributed by atoms with Crippen molar-refractivity contribution in [3.05, 3.63) is 92.3 Å². The molecule has 154 valence electrons. The van der Waals surface area contributed by atoms with Crippen LogP contribution in [-0.4, -0.2) is 16.6 Å². The van der Waals surface area contributed by atoms with Crippen LogP contribution in [0.1, 0.15) is 25.6 Å². The number of halogens is 2. The number of hydrogen-bond acceptors (Lipinski definition) is 5. The predicted molar refractivity (Wildman–Crippen MR) is 134 cm³/mol. The van der Waals surface area contributed by atoms with E-state index in [1.54, 1.807) is 17.4 Å². The van der Waals surface area contributed by atoms with Gasteiger partial charge in [-0.3, -0.25) is 9.59 Å². The molecule has 0 spiro atoms. The van der Waals surface area contributed by atoms with Gasteiger partial charge in [-0.05, 0) is 41.1 Å². The Morgan fingerprint density at radius 1 is 0.781 bits per heavy atom. The van der Waals surface area contributed by atoms with Crippen molar-refractivity contribution in [2.45, 2.75) is 0 Å². The van der Waals surface area contributed by atoms with Crippen LogP contribution in [0.25, 0.3) is 36.9 Å². The summed E-state index contributed by atoms with van der Waals surface area (Å²) in [5.74, 6) is -0.657. The first-order valence-corrected chi connectivity index (χ1v) is 12.1. The normalized spacial score (nSPS) is 13.4. The van der Waals surface area contributed by atoms with Gasteiger partial charge in [0.1, 0.15) is 9.84 Å². The first kappa shape index (κ1) is 19.8. The Hall–Kier alpha value is -2.83. The van der Waals surface area contributed by atoms with Crippen LogP contribution in [0.5, 0.6) is 0 Å². The van der Waals surface area contributed by atoms with Gasteiger partial charge in [0.25, 0.3) is 0 Å². The van der Waals surface area contributed by atoms with Crippen LogP contribution in [-0.2, 0) is 0 Å². The molecule has 3 aromatic carbocycles. The predicted octanol–water partition coefficient (Wildman–Crippen LogP) is 7.95. The average molecular weight is 492 g/mol. The van der Waals surface area contributed by atoms with Gasteiger partial charge >= 0.3 is 0 Å². The first-order valence-electron chi connectivity index (χ1n) is 9.67. The number of thiophene rings is 1. The molecule has 0 unspecified atom stereocenters. The summed E-state index contributed by atoms with van der Waals surface area (Å²) in [5.41, 5.74) is 1.79. The Morgan fingerprint density at radius 2 is 1.47 bits per heavy atom. The maximum atomic E-state index is 12.8. The van der Waals surface area contributed by atoms with Crippen molar-refractivity contribution in [1.82, 2.24) is 4.98 Å². The number of nitrogens with zero attached hydrogens (tertiary/aromatic N) is 1. The molecule has 7 heteroatoms. The summed E-state index contributed by atoms with van der Waals surface area (Å²) >= 11 is 15.1. The molecule has 0 radical (unpaired) electrons. The van der Waals surface area contributed by atoms with E-state index in [1.807, 2.05) is 18.2 Å². The fourth-order valence-corrected chi connectivity index (χ4v) is 6.35. The molecule has 3 nitrogen and oxygen atoms in total. The van der Waals surface area contributed by atoms with E-state index in [9.17, 15) is 9.59 Å². The third-order valence-corrected chi connectivity index (χ3v) is 8.31. The highest BCUT2D eigenvalue weighted by Gasteiger charge is 2.34. The van der Waals surface area contributed by atoms with Crippen molar-refractivity contribution in [1.29, 1.82) is 0 Å². The number of fused-ring (bicyclic) bond motifs is 3. The molecule has 2 heterocycles. The zero-order valence-electron chi connectivity index (χ0n) is 16.2. The molecule has 1 aliphatic carbocycles. The van der Waals surface area contributed by atoms with E-state index in [0.29, 0.717) is 11.1 Å². The molecule has 2 aromatic heterocycles. The summed E-state index contributed by atoms with van der Waals surface area (Å²) in [7, 11) is 0. The molecule has 6 rings (SSSR count). The summed E-state index contributed by atoms with van der Waals surface area (Å²) in [4.78, 5) is 32.0. The highest BCUT2D eigenvalue weighted by molar-refractivity contribution is 7.29. The molecule has 0 bridgehead atoms. The van der Waals surface area contributed by atoms with Gasteiger partial charge in [-0.2, -0.15) is 0 Å².